The van der Waals surface area contributed by atoms with Gasteiger partial charge in [-0.15, -0.1) is 0 Å². The standard InChI is InChI=1S/C17H25NO5S2/c1-16(2,3)23-14(19)18-12(10-21-17(18,4)5)13(22-15(24)25-6)11-7-8-20-9-11/h7-9,12-13H,10H2,1-6H3/t12-,13?/m1/s1. The predicted molar refractivity (Wildman–Crippen MR) is 101 cm³/mol. The molecule has 1 aromatic rings. The van der Waals surface area contributed by atoms with Gasteiger partial charge in [0.25, 0.3) is 0 Å². The Hall–Kier alpha value is -1.25. The second kappa shape index (κ2) is 7.55. The predicted octanol–water partition coefficient (Wildman–Crippen LogP) is 4.36. The molecule has 0 aliphatic carbocycles. The Labute approximate surface area is 158 Å². The van der Waals surface area contributed by atoms with E-state index in [2.05, 4.69) is 0 Å². The van der Waals surface area contributed by atoms with Gasteiger partial charge >= 0.3 is 6.09 Å². The van der Waals surface area contributed by atoms with Gasteiger partial charge in [-0.05, 0) is 59.2 Å². The quantitative estimate of drug-likeness (QED) is 0.714. The van der Waals surface area contributed by atoms with Crippen molar-refractivity contribution in [1.82, 2.24) is 4.90 Å². The van der Waals surface area contributed by atoms with Crippen LogP contribution in [0, 0.1) is 0 Å². The molecule has 1 saturated heterocycles. The average molecular weight is 388 g/mol. The van der Waals surface area contributed by atoms with E-state index >= 15 is 0 Å². The second-order valence-corrected chi connectivity index (χ2v) is 8.63. The van der Waals surface area contributed by atoms with Crippen molar-refractivity contribution >= 4 is 34.5 Å². The zero-order valence-corrected chi connectivity index (χ0v) is 17.0. The van der Waals surface area contributed by atoms with Crippen LogP contribution in [0.2, 0.25) is 0 Å². The molecular formula is C17H25NO5S2. The van der Waals surface area contributed by atoms with Crippen molar-refractivity contribution < 1.29 is 23.4 Å². The molecule has 8 heteroatoms. The van der Waals surface area contributed by atoms with Crippen LogP contribution < -0.4 is 0 Å². The van der Waals surface area contributed by atoms with Crippen LogP contribution >= 0.6 is 24.0 Å². The van der Waals surface area contributed by atoms with Crippen LogP contribution in [-0.4, -0.2) is 45.6 Å². The minimum Gasteiger partial charge on any atom is -0.472 e. The van der Waals surface area contributed by atoms with E-state index in [-0.39, 0.29) is 0 Å². The molecule has 25 heavy (non-hydrogen) atoms. The Kier molecular flexibility index (Phi) is 6.06. The Balaban J connectivity index is 2.34. The van der Waals surface area contributed by atoms with E-state index in [1.807, 2.05) is 40.9 Å². The number of carbonyl (C=O) groups is 1. The van der Waals surface area contributed by atoms with Crippen molar-refractivity contribution in [2.24, 2.45) is 0 Å². The second-order valence-electron chi connectivity index (χ2n) is 7.22. The molecule has 1 aliphatic rings. The maximum Gasteiger partial charge on any atom is 0.413 e. The monoisotopic (exact) mass is 387 g/mol. The van der Waals surface area contributed by atoms with Crippen LogP contribution in [0.15, 0.2) is 23.0 Å². The molecule has 1 aliphatic heterocycles. The lowest BCUT2D eigenvalue weighted by atomic mass is 10.0. The maximum absolute atomic E-state index is 12.8. The Bertz CT molecular complexity index is 609. The summed E-state index contributed by atoms with van der Waals surface area (Å²) in [5, 5.41) is 0. The highest BCUT2D eigenvalue weighted by Crippen LogP contribution is 2.38. The number of carbonyl (C=O) groups excluding carboxylic acids is 1. The molecule has 0 N–H and O–H groups in total. The minimum atomic E-state index is -0.820. The van der Waals surface area contributed by atoms with Gasteiger partial charge < -0.3 is 18.6 Å². The van der Waals surface area contributed by atoms with Gasteiger partial charge in [-0.2, -0.15) is 0 Å². The van der Waals surface area contributed by atoms with Gasteiger partial charge in [0.2, 0.25) is 4.38 Å². The summed E-state index contributed by atoms with van der Waals surface area (Å²) in [5.41, 5.74) is -0.642. The minimum absolute atomic E-state index is 0.305. The number of amides is 1. The zero-order chi connectivity index (χ0) is 18.8. The summed E-state index contributed by atoms with van der Waals surface area (Å²) in [7, 11) is 0. The number of thioether (sulfide) groups is 1. The van der Waals surface area contributed by atoms with E-state index in [1.165, 1.54) is 11.8 Å². The van der Waals surface area contributed by atoms with Crippen molar-refractivity contribution in [1.29, 1.82) is 0 Å². The summed E-state index contributed by atoms with van der Waals surface area (Å²) in [6.45, 7) is 9.45. The number of hydrogen-bond acceptors (Lipinski definition) is 7. The van der Waals surface area contributed by atoms with Gasteiger partial charge in [-0.1, -0.05) is 11.8 Å². The van der Waals surface area contributed by atoms with Crippen molar-refractivity contribution in [2.45, 2.75) is 58.1 Å². The Morgan fingerprint density at radius 3 is 2.68 bits per heavy atom. The van der Waals surface area contributed by atoms with Gasteiger partial charge in [0.05, 0.1) is 19.1 Å². The summed E-state index contributed by atoms with van der Waals surface area (Å²) >= 11 is 6.56. The number of hydrogen-bond donors (Lipinski definition) is 0. The number of nitrogens with zero attached hydrogens (tertiary/aromatic N) is 1. The summed E-state index contributed by atoms with van der Waals surface area (Å²) in [4.78, 5) is 14.4. The third kappa shape index (κ3) is 4.89. The van der Waals surface area contributed by atoms with E-state index in [9.17, 15) is 4.79 Å². The highest BCUT2D eigenvalue weighted by molar-refractivity contribution is 8.22. The molecule has 2 heterocycles. The van der Waals surface area contributed by atoms with E-state index < -0.39 is 29.6 Å². The Morgan fingerprint density at radius 1 is 1.48 bits per heavy atom. The smallest absolute Gasteiger partial charge is 0.413 e. The van der Waals surface area contributed by atoms with Crippen LogP contribution in [0.5, 0.6) is 0 Å². The van der Waals surface area contributed by atoms with Crippen LogP contribution in [0.1, 0.15) is 46.3 Å². The van der Waals surface area contributed by atoms with E-state index in [0.717, 1.165) is 5.56 Å². The van der Waals surface area contributed by atoms with Gasteiger partial charge in [-0.25, -0.2) is 4.79 Å². The van der Waals surface area contributed by atoms with Gasteiger partial charge in [0.1, 0.15) is 17.4 Å². The van der Waals surface area contributed by atoms with Crippen molar-refractivity contribution in [3.8, 4) is 0 Å². The molecule has 1 amide bonds. The van der Waals surface area contributed by atoms with Crippen LogP contribution in [0.3, 0.4) is 0 Å². The number of furan rings is 1. The molecule has 2 rings (SSSR count). The van der Waals surface area contributed by atoms with Gasteiger partial charge in [-0.3, -0.25) is 4.90 Å². The lowest BCUT2D eigenvalue weighted by molar-refractivity contribution is -0.0671. The summed E-state index contributed by atoms with van der Waals surface area (Å²) in [5.74, 6) is 0. The van der Waals surface area contributed by atoms with E-state index in [1.54, 1.807) is 23.5 Å². The van der Waals surface area contributed by atoms with Gasteiger partial charge in [0, 0.05) is 5.56 Å². The topological polar surface area (TPSA) is 61.1 Å². The van der Waals surface area contributed by atoms with Crippen molar-refractivity contribution in [3.05, 3.63) is 24.2 Å². The fourth-order valence-corrected chi connectivity index (χ4v) is 2.98. The number of thiocarbonyl (C=S) groups is 1. The fourth-order valence-electron chi connectivity index (χ4n) is 2.68. The molecule has 1 unspecified atom stereocenters. The van der Waals surface area contributed by atoms with Crippen LogP contribution in [0.4, 0.5) is 4.79 Å². The molecular weight excluding hydrogens is 362 g/mol. The van der Waals surface area contributed by atoms with Crippen molar-refractivity contribution in [2.75, 3.05) is 12.9 Å². The maximum atomic E-state index is 12.8. The molecule has 1 fully saturated rings. The highest BCUT2D eigenvalue weighted by Gasteiger charge is 2.50. The molecule has 0 radical (unpaired) electrons. The molecule has 0 aromatic carbocycles. The largest absolute Gasteiger partial charge is 0.472 e. The van der Waals surface area contributed by atoms with Gasteiger partial charge in [0.15, 0.2) is 6.10 Å². The fraction of sp³-hybridized carbons (Fsp3) is 0.647. The highest BCUT2D eigenvalue weighted by atomic mass is 32.2. The first-order valence-electron chi connectivity index (χ1n) is 7.98. The molecule has 0 spiro atoms. The summed E-state index contributed by atoms with van der Waals surface area (Å²) < 4.78 is 23.0. The SMILES string of the molecule is CSC(=S)OC(c1ccoc1)[C@H]1COC(C)(C)N1C(=O)OC(C)(C)C. The molecule has 1 aromatic heterocycles. The molecule has 6 nitrogen and oxygen atoms in total. The normalized spacial score (nSPS) is 21.0. The lowest BCUT2D eigenvalue weighted by Gasteiger charge is -2.37. The van der Waals surface area contributed by atoms with Crippen LogP contribution in [-0.2, 0) is 14.2 Å². The summed E-state index contributed by atoms with van der Waals surface area (Å²) in [6, 6.07) is 1.40. The zero-order valence-electron chi connectivity index (χ0n) is 15.4. The molecule has 0 saturated carbocycles. The third-order valence-corrected chi connectivity index (χ3v) is 4.75. The average Bonchev–Trinajstić information content (AvgIpc) is 3.10. The third-order valence-electron chi connectivity index (χ3n) is 3.72. The first-order chi connectivity index (χ1) is 11.5. The molecule has 0 bridgehead atoms. The lowest BCUT2D eigenvalue weighted by Crippen LogP contribution is -2.51. The Morgan fingerprint density at radius 2 is 2.16 bits per heavy atom. The first-order valence-corrected chi connectivity index (χ1v) is 9.61. The van der Waals surface area contributed by atoms with E-state index in [4.69, 9.17) is 30.8 Å². The van der Waals surface area contributed by atoms with E-state index in [0.29, 0.717) is 11.0 Å². The molecule has 2 atom stereocenters. The van der Waals surface area contributed by atoms with Crippen molar-refractivity contribution in [3.63, 3.8) is 0 Å². The summed E-state index contributed by atoms with van der Waals surface area (Å²) in [6.07, 6.45) is 4.04. The number of rotatable bonds is 3. The molecule has 140 valence electrons. The van der Waals surface area contributed by atoms with Crippen LogP contribution in [0.25, 0.3) is 0 Å². The first kappa shape index (κ1) is 20.1. The number of ether oxygens (including phenoxy) is 3.